The number of pyridine rings is 1. The minimum Gasteiger partial charge on any atom is -0.375 e. The third-order valence-electron chi connectivity index (χ3n) is 3.35. The summed E-state index contributed by atoms with van der Waals surface area (Å²) in [6, 6.07) is 5.86. The number of morpholine rings is 1. The highest BCUT2D eigenvalue weighted by atomic mass is 16.5. The number of ether oxygens (including phenoxy) is 1. The molecular formula is C15H20N4O2. The fraction of sp³-hybridized carbons (Fsp3) is 0.533. The first-order valence-electron chi connectivity index (χ1n) is 7.15. The van der Waals surface area contributed by atoms with E-state index in [4.69, 9.17) is 10.00 Å². The van der Waals surface area contributed by atoms with Gasteiger partial charge in [-0.25, -0.2) is 0 Å². The van der Waals surface area contributed by atoms with E-state index in [2.05, 4.69) is 16.4 Å². The lowest BCUT2D eigenvalue weighted by Crippen LogP contribution is -2.42. The predicted octanol–water partition coefficient (Wildman–Crippen LogP) is 0.702. The summed E-state index contributed by atoms with van der Waals surface area (Å²) in [6.45, 7) is 3.08. The van der Waals surface area contributed by atoms with Gasteiger partial charge in [0.2, 0.25) is 5.91 Å². The normalized spacial score (nSPS) is 18.0. The second-order valence-electron chi connectivity index (χ2n) is 4.99. The van der Waals surface area contributed by atoms with Crippen molar-refractivity contribution in [3.05, 3.63) is 30.1 Å². The zero-order valence-electron chi connectivity index (χ0n) is 12.0. The zero-order chi connectivity index (χ0) is 14.9. The van der Waals surface area contributed by atoms with E-state index >= 15 is 0 Å². The van der Waals surface area contributed by atoms with Gasteiger partial charge in [0, 0.05) is 38.6 Å². The van der Waals surface area contributed by atoms with E-state index in [1.165, 1.54) is 0 Å². The summed E-state index contributed by atoms with van der Waals surface area (Å²) < 4.78 is 5.57. The average molecular weight is 288 g/mol. The summed E-state index contributed by atoms with van der Waals surface area (Å²) in [6.07, 6.45) is 4.04. The molecule has 112 valence electrons. The van der Waals surface area contributed by atoms with Crippen molar-refractivity contribution in [3.63, 3.8) is 0 Å². The Balaban J connectivity index is 1.94. The molecule has 1 aliphatic rings. The number of nitriles is 1. The Morgan fingerprint density at radius 2 is 2.52 bits per heavy atom. The molecule has 1 fully saturated rings. The second-order valence-corrected chi connectivity index (χ2v) is 4.99. The van der Waals surface area contributed by atoms with Gasteiger partial charge < -0.3 is 15.0 Å². The van der Waals surface area contributed by atoms with Crippen LogP contribution in [0, 0.1) is 11.3 Å². The van der Waals surface area contributed by atoms with Crippen LogP contribution < -0.4 is 5.32 Å². The molecule has 1 atom stereocenters. The highest BCUT2D eigenvalue weighted by Gasteiger charge is 2.21. The highest BCUT2D eigenvalue weighted by molar-refractivity contribution is 5.76. The Morgan fingerprint density at radius 1 is 1.62 bits per heavy atom. The van der Waals surface area contributed by atoms with E-state index in [9.17, 15) is 4.79 Å². The molecule has 0 aromatic carbocycles. The molecule has 0 spiro atoms. The molecule has 6 nitrogen and oxygen atoms in total. The first-order valence-corrected chi connectivity index (χ1v) is 7.15. The van der Waals surface area contributed by atoms with Gasteiger partial charge in [-0.05, 0) is 11.6 Å². The SMILES string of the molecule is N#CCCN(Cc1cccnc1)C(=O)CC1CNCCO1. The van der Waals surface area contributed by atoms with Gasteiger partial charge in [-0.2, -0.15) is 5.26 Å². The van der Waals surface area contributed by atoms with Crippen LogP contribution in [0.4, 0.5) is 0 Å². The van der Waals surface area contributed by atoms with Crippen molar-refractivity contribution in [1.82, 2.24) is 15.2 Å². The number of amides is 1. The van der Waals surface area contributed by atoms with Crippen molar-refractivity contribution in [2.75, 3.05) is 26.2 Å². The molecule has 1 saturated heterocycles. The molecule has 1 unspecified atom stereocenters. The van der Waals surface area contributed by atoms with Crippen LogP contribution >= 0.6 is 0 Å². The number of carbonyl (C=O) groups excluding carboxylic acids is 1. The summed E-state index contributed by atoms with van der Waals surface area (Å²) in [5.41, 5.74) is 0.964. The largest absolute Gasteiger partial charge is 0.375 e. The molecular weight excluding hydrogens is 268 g/mol. The van der Waals surface area contributed by atoms with Crippen molar-refractivity contribution in [3.8, 4) is 6.07 Å². The number of carbonyl (C=O) groups is 1. The first-order chi connectivity index (χ1) is 10.3. The fourth-order valence-electron chi connectivity index (χ4n) is 2.26. The van der Waals surface area contributed by atoms with Crippen molar-refractivity contribution in [2.45, 2.75) is 25.5 Å². The number of rotatable bonds is 6. The Bertz CT molecular complexity index is 480. The first kappa shape index (κ1) is 15.4. The van der Waals surface area contributed by atoms with Crippen molar-refractivity contribution < 1.29 is 9.53 Å². The molecule has 1 aromatic heterocycles. The standard InChI is InChI=1S/C15H20N4O2/c16-4-2-7-19(12-13-3-1-5-17-10-13)15(20)9-14-11-18-6-8-21-14/h1,3,5,10,14,18H,2,6-9,11-12H2. The molecule has 1 N–H and O–H groups in total. The lowest BCUT2D eigenvalue weighted by atomic mass is 10.2. The van der Waals surface area contributed by atoms with Gasteiger partial charge in [-0.1, -0.05) is 6.07 Å². The van der Waals surface area contributed by atoms with E-state index in [1.807, 2.05) is 12.1 Å². The van der Waals surface area contributed by atoms with Crippen LogP contribution in [-0.2, 0) is 16.1 Å². The van der Waals surface area contributed by atoms with E-state index in [-0.39, 0.29) is 12.0 Å². The molecule has 2 rings (SSSR count). The Morgan fingerprint density at radius 3 is 3.19 bits per heavy atom. The highest BCUT2D eigenvalue weighted by Crippen LogP contribution is 2.09. The Kier molecular flexibility index (Phi) is 6.13. The van der Waals surface area contributed by atoms with Crippen LogP contribution in [0.15, 0.2) is 24.5 Å². The molecule has 6 heteroatoms. The smallest absolute Gasteiger partial charge is 0.225 e. The van der Waals surface area contributed by atoms with Crippen LogP contribution in [0.5, 0.6) is 0 Å². The van der Waals surface area contributed by atoms with Gasteiger partial charge in [0.15, 0.2) is 0 Å². The molecule has 1 aromatic rings. The van der Waals surface area contributed by atoms with E-state index in [1.54, 1.807) is 17.3 Å². The van der Waals surface area contributed by atoms with Crippen LogP contribution in [-0.4, -0.2) is 48.1 Å². The third-order valence-corrected chi connectivity index (χ3v) is 3.35. The lowest BCUT2D eigenvalue weighted by molar-refractivity contribution is -0.135. The van der Waals surface area contributed by atoms with Gasteiger partial charge in [-0.3, -0.25) is 9.78 Å². The molecule has 0 aliphatic carbocycles. The summed E-state index contributed by atoms with van der Waals surface area (Å²) in [5, 5.41) is 12.0. The predicted molar refractivity (Wildman–Crippen MR) is 77.1 cm³/mol. The molecule has 2 heterocycles. The van der Waals surface area contributed by atoms with Gasteiger partial charge in [0.25, 0.3) is 0 Å². The number of aromatic nitrogens is 1. The molecule has 1 amide bonds. The molecule has 0 radical (unpaired) electrons. The van der Waals surface area contributed by atoms with Crippen LogP contribution in [0.3, 0.4) is 0 Å². The summed E-state index contributed by atoms with van der Waals surface area (Å²) >= 11 is 0. The van der Waals surface area contributed by atoms with Gasteiger partial charge in [0.1, 0.15) is 0 Å². The number of nitrogens with zero attached hydrogens (tertiary/aromatic N) is 3. The number of nitrogens with one attached hydrogen (secondary N) is 1. The van der Waals surface area contributed by atoms with Crippen molar-refractivity contribution >= 4 is 5.91 Å². The maximum absolute atomic E-state index is 12.4. The van der Waals surface area contributed by atoms with Crippen LogP contribution in [0.25, 0.3) is 0 Å². The Hall–Kier alpha value is -1.97. The number of hydrogen-bond acceptors (Lipinski definition) is 5. The maximum atomic E-state index is 12.4. The van der Waals surface area contributed by atoms with Crippen molar-refractivity contribution in [2.24, 2.45) is 0 Å². The average Bonchev–Trinajstić information content (AvgIpc) is 2.53. The van der Waals surface area contributed by atoms with Crippen LogP contribution in [0.1, 0.15) is 18.4 Å². The minimum absolute atomic E-state index is 0.0165. The van der Waals surface area contributed by atoms with E-state index in [0.29, 0.717) is 39.1 Å². The molecule has 0 bridgehead atoms. The number of hydrogen-bond donors (Lipinski definition) is 1. The van der Waals surface area contributed by atoms with E-state index < -0.39 is 0 Å². The van der Waals surface area contributed by atoms with E-state index in [0.717, 1.165) is 12.1 Å². The molecule has 1 aliphatic heterocycles. The van der Waals surface area contributed by atoms with Gasteiger partial charge in [-0.15, -0.1) is 0 Å². The zero-order valence-corrected chi connectivity index (χ0v) is 12.0. The second kappa shape index (κ2) is 8.35. The third kappa shape index (κ3) is 5.14. The lowest BCUT2D eigenvalue weighted by Gasteiger charge is -2.27. The monoisotopic (exact) mass is 288 g/mol. The summed E-state index contributed by atoms with van der Waals surface area (Å²) in [4.78, 5) is 18.2. The maximum Gasteiger partial charge on any atom is 0.225 e. The topological polar surface area (TPSA) is 78.2 Å². The fourth-order valence-corrected chi connectivity index (χ4v) is 2.26. The summed E-state index contributed by atoms with van der Waals surface area (Å²) in [7, 11) is 0. The van der Waals surface area contributed by atoms with Gasteiger partial charge in [0.05, 0.1) is 31.6 Å². The minimum atomic E-state index is -0.0789. The van der Waals surface area contributed by atoms with Gasteiger partial charge >= 0.3 is 0 Å². The van der Waals surface area contributed by atoms with Crippen molar-refractivity contribution in [1.29, 1.82) is 5.26 Å². The Labute approximate surface area is 124 Å². The summed E-state index contributed by atoms with van der Waals surface area (Å²) in [5.74, 6) is 0.0165. The van der Waals surface area contributed by atoms with Crippen LogP contribution in [0.2, 0.25) is 0 Å². The molecule has 0 saturated carbocycles. The quantitative estimate of drug-likeness (QED) is 0.834. The molecule has 21 heavy (non-hydrogen) atoms.